The highest BCUT2D eigenvalue weighted by Gasteiger charge is 2.40. The van der Waals surface area contributed by atoms with Gasteiger partial charge in [-0.3, -0.25) is 9.59 Å². The first-order valence-corrected chi connectivity index (χ1v) is 5.18. The highest BCUT2D eigenvalue weighted by atomic mass is 16.4. The van der Waals surface area contributed by atoms with E-state index in [1.165, 1.54) is 0 Å². The molecule has 0 unspecified atom stereocenters. The number of nitrogens with one attached hydrogen (secondary N) is 1. The van der Waals surface area contributed by atoms with Crippen LogP contribution in [-0.2, 0) is 9.59 Å². The van der Waals surface area contributed by atoms with E-state index in [2.05, 4.69) is 5.32 Å². The Kier molecular flexibility index (Phi) is 2.44. The van der Waals surface area contributed by atoms with Crippen LogP contribution in [0.4, 0.5) is 0 Å². The second-order valence-corrected chi connectivity index (χ2v) is 4.33. The van der Waals surface area contributed by atoms with Gasteiger partial charge in [0.15, 0.2) is 0 Å². The van der Waals surface area contributed by atoms with E-state index in [1.54, 1.807) is 0 Å². The summed E-state index contributed by atoms with van der Waals surface area (Å²) >= 11 is 0. The summed E-state index contributed by atoms with van der Waals surface area (Å²) in [5.74, 6) is 0.0293. The second kappa shape index (κ2) is 3.59. The predicted molar refractivity (Wildman–Crippen MR) is 49.6 cm³/mol. The van der Waals surface area contributed by atoms with Crippen molar-refractivity contribution in [1.29, 1.82) is 0 Å². The fourth-order valence-electron chi connectivity index (χ4n) is 2.28. The van der Waals surface area contributed by atoms with Gasteiger partial charge in [-0.1, -0.05) is 0 Å². The van der Waals surface area contributed by atoms with Gasteiger partial charge in [-0.15, -0.1) is 0 Å². The molecule has 2 rings (SSSR count). The highest BCUT2D eigenvalue weighted by Crippen LogP contribution is 2.39. The third-order valence-electron chi connectivity index (χ3n) is 3.14. The van der Waals surface area contributed by atoms with E-state index < -0.39 is 5.97 Å². The molecule has 2 atom stereocenters. The average molecular weight is 197 g/mol. The van der Waals surface area contributed by atoms with E-state index in [1.807, 2.05) is 0 Å². The van der Waals surface area contributed by atoms with Crippen molar-refractivity contribution in [2.45, 2.75) is 38.1 Å². The second-order valence-electron chi connectivity index (χ2n) is 4.33. The lowest BCUT2D eigenvalue weighted by Gasteiger charge is -2.31. The Labute approximate surface area is 82.7 Å². The van der Waals surface area contributed by atoms with Gasteiger partial charge in [-0.25, -0.2) is 0 Å². The van der Waals surface area contributed by atoms with Crippen molar-refractivity contribution in [3.63, 3.8) is 0 Å². The normalized spacial score (nSPS) is 32.4. The van der Waals surface area contributed by atoms with Gasteiger partial charge in [0.2, 0.25) is 5.91 Å². The minimum atomic E-state index is -0.753. The topological polar surface area (TPSA) is 66.4 Å². The van der Waals surface area contributed by atoms with Crippen LogP contribution in [0.15, 0.2) is 0 Å². The summed E-state index contributed by atoms with van der Waals surface area (Å²) in [7, 11) is 0. The monoisotopic (exact) mass is 197 g/mol. The molecule has 1 saturated heterocycles. The lowest BCUT2D eigenvalue weighted by Crippen LogP contribution is -2.46. The maximum absolute atomic E-state index is 11.2. The molecule has 0 aromatic carbocycles. The first-order chi connectivity index (χ1) is 6.66. The number of hydrogen-bond donors (Lipinski definition) is 2. The number of carboxylic acid groups (broad SMARTS) is 1. The molecule has 0 spiro atoms. The van der Waals surface area contributed by atoms with Crippen LogP contribution in [0.1, 0.15) is 32.1 Å². The Hall–Kier alpha value is -1.06. The number of piperidine rings is 1. The van der Waals surface area contributed by atoms with Crippen LogP contribution in [0.25, 0.3) is 0 Å². The smallest absolute Gasteiger partial charge is 0.303 e. The Morgan fingerprint density at radius 2 is 2.14 bits per heavy atom. The van der Waals surface area contributed by atoms with Gasteiger partial charge in [-0.05, 0) is 31.1 Å². The van der Waals surface area contributed by atoms with Crippen LogP contribution in [0.3, 0.4) is 0 Å². The lowest BCUT2D eigenvalue weighted by atomic mass is 9.85. The number of hydrogen-bond acceptors (Lipinski definition) is 2. The molecule has 4 heteroatoms. The van der Waals surface area contributed by atoms with Gasteiger partial charge < -0.3 is 10.4 Å². The van der Waals surface area contributed by atoms with Crippen LogP contribution >= 0.6 is 0 Å². The largest absolute Gasteiger partial charge is 0.481 e. The summed E-state index contributed by atoms with van der Waals surface area (Å²) in [6.45, 7) is 0. The van der Waals surface area contributed by atoms with E-state index >= 15 is 0 Å². The van der Waals surface area contributed by atoms with Crippen molar-refractivity contribution < 1.29 is 14.7 Å². The predicted octanol–water partition coefficient (Wildman–Crippen LogP) is 0.766. The lowest BCUT2D eigenvalue weighted by molar-refractivity contribution is -0.139. The molecule has 0 bridgehead atoms. The maximum Gasteiger partial charge on any atom is 0.303 e. The summed E-state index contributed by atoms with van der Waals surface area (Å²) in [6.07, 6.45) is 3.70. The number of carbonyl (C=O) groups is 2. The Morgan fingerprint density at radius 3 is 2.71 bits per heavy atom. The van der Waals surface area contributed by atoms with E-state index in [-0.39, 0.29) is 24.3 Å². The molecule has 14 heavy (non-hydrogen) atoms. The van der Waals surface area contributed by atoms with Crippen molar-refractivity contribution in [1.82, 2.24) is 5.32 Å². The maximum atomic E-state index is 11.2. The standard InChI is InChI=1S/C10H15NO3/c12-8-4-3-7(5-9(13)14)10(11-8)6-1-2-6/h6-7,10H,1-5H2,(H,11,12)(H,13,14)/t7-,10-/m0/s1. The van der Waals surface area contributed by atoms with Gasteiger partial charge in [0.25, 0.3) is 0 Å². The molecule has 2 fully saturated rings. The number of carboxylic acids is 1. The summed E-state index contributed by atoms with van der Waals surface area (Å²) < 4.78 is 0. The molecule has 2 N–H and O–H groups in total. The van der Waals surface area contributed by atoms with Crippen LogP contribution in [0, 0.1) is 11.8 Å². The molecule has 78 valence electrons. The van der Waals surface area contributed by atoms with E-state index in [9.17, 15) is 9.59 Å². The average Bonchev–Trinajstić information content (AvgIpc) is 2.90. The fraction of sp³-hybridized carbons (Fsp3) is 0.800. The number of aliphatic carboxylic acids is 1. The van der Waals surface area contributed by atoms with Crippen molar-refractivity contribution >= 4 is 11.9 Å². The summed E-state index contributed by atoms with van der Waals surface area (Å²) in [5.41, 5.74) is 0. The van der Waals surface area contributed by atoms with Gasteiger partial charge in [-0.2, -0.15) is 0 Å². The summed E-state index contributed by atoms with van der Waals surface area (Å²) in [4.78, 5) is 21.8. The third-order valence-corrected chi connectivity index (χ3v) is 3.14. The third kappa shape index (κ3) is 2.05. The molecular weight excluding hydrogens is 182 g/mol. The van der Waals surface area contributed by atoms with Crippen LogP contribution in [0.5, 0.6) is 0 Å². The highest BCUT2D eigenvalue weighted by molar-refractivity contribution is 5.77. The molecule has 4 nitrogen and oxygen atoms in total. The van der Waals surface area contributed by atoms with Crippen molar-refractivity contribution in [3.8, 4) is 0 Å². The molecule has 1 amide bonds. The number of rotatable bonds is 3. The van der Waals surface area contributed by atoms with E-state index in [4.69, 9.17) is 5.11 Å². The molecule has 2 aliphatic rings. The first kappa shape index (κ1) is 9.49. The van der Waals surface area contributed by atoms with Gasteiger partial charge in [0, 0.05) is 12.5 Å². The molecule has 1 saturated carbocycles. The SMILES string of the molecule is O=C(O)C[C@@H]1CCC(=O)N[C@H]1C1CC1. The number of carbonyl (C=O) groups excluding carboxylic acids is 1. The van der Waals surface area contributed by atoms with Crippen molar-refractivity contribution in [2.75, 3.05) is 0 Å². The Bertz CT molecular complexity index is 260. The Morgan fingerprint density at radius 1 is 1.43 bits per heavy atom. The molecule has 1 aliphatic heterocycles. The zero-order valence-corrected chi connectivity index (χ0v) is 8.03. The van der Waals surface area contributed by atoms with Crippen molar-refractivity contribution in [2.24, 2.45) is 11.8 Å². The van der Waals surface area contributed by atoms with E-state index in [0.717, 1.165) is 19.3 Å². The molecule has 1 aliphatic carbocycles. The molecule has 1 heterocycles. The minimum absolute atomic E-state index is 0.0866. The quantitative estimate of drug-likeness (QED) is 0.702. The Balaban J connectivity index is 1.98. The summed E-state index contributed by atoms with van der Waals surface area (Å²) in [5, 5.41) is 11.7. The first-order valence-electron chi connectivity index (χ1n) is 5.18. The van der Waals surface area contributed by atoms with Gasteiger partial charge in [0.1, 0.15) is 0 Å². The zero-order chi connectivity index (χ0) is 10.1. The summed E-state index contributed by atoms with van der Waals surface area (Å²) in [6, 6.07) is 0.132. The van der Waals surface area contributed by atoms with Crippen molar-refractivity contribution in [3.05, 3.63) is 0 Å². The van der Waals surface area contributed by atoms with Crippen LogP contribution in [-0.4, -0.2) is 23.0 Å². The van der Waals surface area contributed by atoms with Crippen LogP contribution < -0.4 is 5.32 Å². The van der Waals surface area contributed by atoms with Gasteiger partial charge >= 0.3 is 5.97 Å². The number of amides is 1. The van der Waals surface area contributed by atoms with E-state index in [0.29, 0.717) is 12.3 Å². The fourth-order valence-corrected chi connectivity index (χ4v) is 2.28. The van der Waals surface area contributed by atoms with Crippen LogP contribution in [0.2, 0.25) is 0 Å². The molecular formula is C10H15NO3. The molecule has 0 aromatic heterocycles. The van der Waals surface area contributed by atoms with Gasteiger partial charge in [0.05, 0.1) is 6.42 Å². The minimum Gasteiger partial charge on any atom is -0.481 e. The zero-order valence-electron chi connectivity index (χ0n) is 8.03. The molecule has 0 aromatic rings. The molecule has 0 radical (unpaired) electrons.